The largest absolute Gasteiger partial charge is 0.437 e. The van der Waals surface area contributed by atoms with Crippen LogP contribution in [0.5, 0.6) is 11.6 Å². The van der Waals surface area contributed by atoms with Crippen LogP contribution in [0.4, 0.5) is 17.6 Å². The third-order valence-corrected chi connectivity index (χ3v) is 4.98. The van der Waals surface area contributed by atoms with Crippen LogP contribution in [0.25, 0.3) is 10.9 Å². The first kappa shape index (κ1) is 23.4. The van der Waals surface area contributed by atoms with Gasteiger partial charge in [-0.3, -0.25) is 9.78 Å². The van der Waals surface area contributed by atoms with E-state index in [4.69, 9.17) is 16.3 Å². The van der Waals surface area contributed by atoms with Gasteiger partial charge in [-0.2, -0.15) is 8.78 Å². The predicted octanol–water partition coefficient (Wildman–Crippen LogP) is 5.93. The van der Waals surface area contributed by atoms with E-state index < -0.39 is 30.5 Å². The maximum absolute atomic E-state index is 14.6. The average Bonchev–Trinajstić information content (AvgIpc) is 2.83. The minimum absolute atomic E-state index is 0.0212. The van der Waals surface area contributed by atoms with Gasteiger partial charge in [0.2, 0.25) is 0 Å². The van der Waals surface area contributed by atoms with Gasteiger partial charge in [0.05, 0.1) is 17.1 Å². The van der Waals surface area contributed by atoms with E-state index in [1.807, 2.05) is 0 Å². The lowest BCUT2D eigenvalue weighted by molar-refractivity contribution is -0.00677. The number of fused-ring (bicyclic) bond motifs is 1. The van der Waals surface area contributed by atoms with E-state index in [2.05, 4.69) is 20.5 Å². The van der Waals surface area contributed by atoms with Crippen LogP contribution in [0.3, 0.4) is 0 Å². The molecule has 0 aliphatic rings. The molecule has 0 aliphatic heterocycles. The van der Waals surface area contributed by atoms with Gasteiger partial charge in [-0.1, -0.05) is 41.9 Å². The van der Waals surface area contributed by atoms with Crippen molar-refractivity contribution in [2.75, 3.05) is 6.54 Å². The molecule has 0 spiro atoms. The van der Waals surface area contributed by atoms with Crippen molar-refractivity contribution in [3.05, 3.63) is 88.7 Å². The summed E-state index contributed by atoms with van der Waals surface area (Å²) in [6.07, 6.45) is -1.66. The molecule has 11 heteroatoms. The highest BCUT2D eigenvalue weighted by atomic mass is 35.5. The van der Waals surface area contributed by atoms with Crippen molar-refractivity contribution in [1.82, 2.24) is 20.5 Å². The number of ether oxygens (including phenoxy) is 1. The normalized spacial score (nSPS) is 11.6. The predicted molar refractivity (Wildman–Crippen MR) is 116 cm³/mol. The summed E-state index contributed by atoms with van der Waals surface area (Å²) in [6, 6.07) is 13.8. The van der Waals surface area contributed by atoms with Crippen molar-refractivity contribution in [2.24, 2.45) is 0 Å². The Morgan fingerprint density at radius 1 is 1.06 bits per heavy atom. The minimum atomic E-state index is -3.50. The molecule has 174 valence electrons. The summed E-state index contributed by atoms with van der Waals surface area (Å²) in [5, 5.41) is 10.5. The highest BCUT2D eigenvalue weighted by molar-refractivity contribution is 6.30. The lowest BCUT2D eigenvalue weighted by Crippen LogP contribution is -2.35. The summed E-state index contributed by atoms with van der Waals surface area (Å²) >= 11 is 5.69. The molecule has 4 rings (SSSR count). The van der Waals surface area contributed by atoms with E-state index in [0.717, 1.165) is 18.3 Å². The lowest BCUT2D eigenvalue weighted by Gasteiger charge is -2.17. The summed E-state index contributed by atoms with van der Waals surface area (Å²) < 4.78 is 60.9. The number of rotatable bonds is 7. The van der Waals surface area contributed by atoms with E-state index in [-0.39, 0.29) is 33.2 Å². The van der Waals surface area contributed by atoms with Crippen molar-refractivity contribution in [3.63, 3.8) is 0 Å². The first-order chi connectivity index (χ1) is 16.2. The Bertz CT molecular complexity index is 1340. The molecule has 1 amide bonds. The number of hydrogen-bond donors (Lipinski definition) is 1. The molecule has 0 fully saturated rings. The Morgan fingerprint density at radius 3 is 2.59 bits per heavy atom. The number of nitrogens with zero attached hydrogens (tertiary/aromatic N) is 3. The second kappa shape index (κ2) is 9.60. The molecule has 0 saturated carbocycles. The van der Waals surface area contributed by atoms with Crippen LogP contribution < -0.4 is 10.1 Å². The van der Waals surface area contributed by atoms with Crippen LogP contribution >= 0.6 is 11.6 Å². The molecule has 1 N–H and O–H groups in total. The van der Waals surface area contributed by atoms with Gasteiger partial charge in [0.25, 0.3) is 18.2 Å². The van der Waals surface area contributed by atoms with Crippen molar-refractivity contribution in [3.8, 4) is 11.6 Å². The molecule has 2 aromatic heterocycles. The number of hydrogen-bond acceptors (Lipinski definition) is 5. The number of carbonyl (C=O) groups is 1. The molecule has 2 aromatic carbocycles. The number of carbonyl (C=O) groups excluding carboxylic acids is 1. The van der Waals surface area contributed by atoms with Crippen LogP contribution in [-0.2, 0) is 5.92 Å². The number of alkyl halides is 4. The van der Waals surface area contributed by atoms with Crippen molar-refractivity contribution >= 4 is 28.4 Å². The van der Waals surface area contributed by atoms with Crippen LogP contribution in [0, 0.1) is 0 Å². The molecule has 0 unspecified atom stereocenters. The number of benzene rings is 2. The number of pyridine rings is 1. The monoisotopic (exact) mass is 490 g/mol. The average molecular weight is 491 g/mol. The smallest absolute Gasteiger partial charge is 0.306 e. The number of halogens is 5. The van der Waals surface area contributed by atoms with E-state index in [1.165, 1.54) is 24.3 Å². The zero-order valence-corrected chi connectivity index (χ0v) is 17.9. The van der Waals surface area contributed by atoms with Gasteiger partial charge >= 0.3 is 5.92 Å². The molecular weight excluding hydrogens is 476 g/mol. The van der Waals surface area contributed by atoms with Crippen molar-refractivity contribution in [2.45, 2.75) is 12.3 Å². The zero-order valence-electron chi connectivity index (χ0n) is 17.2. The minimum Gasteiger partial charge on any atom is -0.437 e. The number of aromatic nitrogens is 3. The van der Waals surface area contributed by atoms with E-state index in [1.54, 1.807) is 24.3 Å². The molecule has 0 aliphatic carbocycles. The fourth-order valence-electron chi connectivity index (χ4n) is 3.12. The standard InChI is InChI=1S/C23H15ClF4N4O2/c24-14-8-9-18(29-11-14)23(27,28)12-30-21(33)19-16-6-1-2-7-17(16)31-32-22(19)34-15-5-3-4-13(10-15)20(25)26/h1-11,20H,12H2,(H,30,33). The Kier molecular flexibility index (Phi) is 6.60. The maximum Gasteiger partial charge on any atom is 0.306 e. The fourth-order valence-corrected chi connectivity index (χ4v) is 3.23. The van der Waals surface area contributed by atoms with Gasteiger partial charge in [0.1, 0.15) is 17.0 Å². The Balaban J connectivity index is 1.65. The van der Waals surface area contributed by atoms with Gasteiger partial charge in [-0.05, 0) is 30.3 Å². The summed E-state index contributed by atoms with van der Waals surface area (Å²) in [4.78, 5) is 16.6. The number of nitrogens with one attached hydrogen (secondary N) is 1. The molecule has 0 bridgehead atoms. The van der Waals surface area contributed by atoms with Crippen LogP contribution in [0.15, 0.2) is 66.9 Å². The first-order valence-electron chi connectivity index (χ1n) is 9.84. The molecule has 0 saturated heterocycles. The Morgan fingerprint density at radius 2 is 1.85 bits per heavy atom. The van der Waals surface area contributed by atoms with Crippen molar-refractivity contribution < 1.29 is 27.1 Å². The lowest BCUT2D eigenvalue weighted by atomic mass is 10.1. The van der Waals surface area contributed by atoms with Crippen LogP contribution in [-0.4, -0.2) is 27.6 Å². The van der Waals surface area contributed by atoms with E-state index in [0.29, 0.717) is 5.52 Å². The summed E-state index contributed by atoms with van der Waals surface area (Å²) in [5.74, 6) is -4.76. The highest BCUT2D eigenvalue weighted by Gasteiger charge is 2.34. The molecule has 6 nitrogen and oxygen atoms in total. The zero-order chi connectivity index (χ0) is 24.3. The third kappa shape index (κ3) is 5.07. The Hall–Kier alpha value is -3.79. The van der Waals surface area contributed by atoms with Gasteiger partial charge < -0.3 is 10.1 Å². The summed E-state index contributed by atoms with van der Waals surface area (Å²) in [5.41, 5.74) is -0.733. The maximum atomic E-state index is 14.6. The molecule has 34 heavy (non-hydrogen) atoms. The van der Waals surface area contributed by atoms with E-state index >= 15 is 0 Å². The third-order valence-electron chi connectivity index (χ3n) is 4.76. The molecule has 4 aromatic rings. The second-order valence-corrected chi connectivity index (χ2v) is 7.56. The van der Waals surface area contributed by atoms with Crippen LogP contribution in [0.1, 0.15) is 28.0 Å². The summed E-state index contributed by atoms with van der Waals surface area (Å²) in [7, 11) is 0. The SMILES string of the molecule is O=C(NCC(F)(F)c1ccc(Cl)cn1)c1c(Oc2cccc(C(F)F)c2)nnc2ccccc12. The van der Waals surface area contributed by atoms with Crippen LogP contribution in [0.2, 0.25) is 5.02 Å². The molecule has 2 heterocycles. The second-order valence-electron chi connectivity index (χ2n) is 7.12. The first-order valence-corrected chi connectivity index (χ1v) is 10.2. The molecular formula is C23H15ClF4N4O2. The van der Waals surface area contributed by atoms with E-state index in [9.17, 15) is 22.4 Å². The highest BCUT2D eigenvalue weighted by Crippen LogP contribution is 2.31. The molecule has 0 radical (unpaired) electrons. The van der Waals surface area contributed by atoms with Gasteiger partial charge in [0.15, 0.2) is 0 Å². The van der Waals surface area contributed by atoms with Gasteiger partial charge in [-0.15, -0.1) is 10.2 Å². The van der Waals surface area contributed by atoms with Crippen molar-refractivity contribution in [1.29, 1.82) is 0 Å². The fraction of sp³-hybridized carbons (Fsp3) is 0.130. The quantitative estimate of drug-likeness (QED) is 0.325. The molecule has 0 atom stereocenters. The van der Waals surface area contributed by atoms with Gasteiger partial charge in [0, 0.05) is 17.1 Å². The topological polar surface area (TPSA) is 77.0 Å². The Labute approximate surface area is 195 Å². The number of amides is 1. The van der Waals surface area contributed by atoms with Gasteiger partial charge in [-0.25, -0.2) is 8.78 Å². The summed E-state index contributed by atoms with van der Waals surface area (Å²) in [6.45, 7) is -1.07.